The van der Waals surface area contributed by atoms with Gasteiger partial charge >= 0.3 is 0 Å². The molecule has 0 radical (unpaired) electrons. The van der Waals surface area contributed by atoms with Gasteiger partial charge in [-0.3, -0.25) is 0 Å². The van der Waals surface area contributed by atoms with Gasteiger partial charge in [0.25, 0.3) is 0 Å². The van der Waals surface area contributed by atoms with Crippen molar-refractivity contribution in [2.75, 3.05) is 20.2 Å². The molecule has 0 spiro atoms. The predicted molar refractivity (Wildman–Crippen MR) is 50.2 cm³/mol. The number of ether oxygens (including phenoxy) is 1. The highest BCUT2D eigenvalue weighted by Crippen LogP contribution is 2.10. The van der Waals surface area contributed by atoms with E-state index >= 15 is 0 Å². The molecule has 4 heteroatoms. The molecule has 0 fully saturated rings. The zero-order valence-corrected chi connectivity index (χ0v) is 7.96. The molecule has 0 atom stereocenters. The Morgan fingerprint density at radius 2 is 2.14 bits per heavy atom. The lowest BCUT2D eigenvalue weighted by Crippen LogP contribution is -2.01. The van der Waals surface area contributed by atoms with Crippen LogP contribution in [0, 0.1) is 11.6 Å². The number of benzene rings is 1. The average Bonchev–Trinajstić information content (AvgIpc) is 2.15. The third-order valence-electron chi connectivity index (χ3n) is 1.73. The van der Waals surface area contributed by atoms with Crippen LogP contribution in [0.25, 0.3) is 5.32 Å². The topological polar surface area (TPSA) is 23.3 Å². The van der Waals surface area contributed by atoms with Gasteiger partial charge in [0.15, 0.2) is 0 Å². The van der Waals surface area contributed by atoms with Gasteiger partial charge in [0.1, 0.15) is 11.6 Å². The SMILES string of the molecule is C[N-]CCOCc1ccc(F)cc1F. The zero-order valence-electron chi connectivity index (χ0n) is 7.96. The van der Waals surface area contributed by atoms with E-state index in [1.807, 2.05) is 0 Å². The zero-order chi connectivity index (χ0) is 10.4. The van der Waals surface area contributed by atoms with Crippen LogP contribution in [0.3, 0.4) is 0 Å². The molecule has 1 aromatic carbocycles. The molecule has 0 aliphatic rings. The summed E-state index contributed by atoms with van der Waals surface area (Å²) < 4.78 is 30.6. The van der Waals surface area contributed by atoms with Crippen LogP contribution in [0.15, 0.2) is 18.2 Å². The first-order chi connectivity index (χ1) is 6.74. The van der Waals surface area contributed by atoms with E-state index in [-0.39, 0.29) is 6.61 Å². The fourth-order valence-electron chi connectivity index (χ4n) is 0.977. The fraction of sp³-hybridized carbons (Fsp3) is 0.400. The Morgan fingerprint density at radius 3 is 2.79 bits per heavy atom. The first-order valence-electron chi connectivity index (χ1n) is 4.31. The van der Waals surface area contributed by atoms with Gasteiger partial charge in [-0.25, -0.2) is 8.78 Å². The van der Waals surface area contributed by atoms with Crippen LogP contribution in [-0.4, -0.2) is 20.2 Å². The van der Waals surface area contributed by atoms with E-state index in [0.717, 1.165) is 6.07 Å². The molecule has 0 heterocycles. The quantitative estimate of drug-likeness (QED) is 0.670. The van der Waals surface area contributed by atoms with Crippen molar-refractivity contribution < 1.29 is 13.5 Å². The lowest BCUT2D eigenvalue weighted by Gasteiger charge is -2.11. The Bertz CT molecular complexity index is 291. The number of halogens is 2. The third-order valence-corrected chi connectivity index (χ3v) is 1.73. The van der Waals surface area contributed by atoms with Gasteiger partial charge in [0.05, 0.1) is 6.61 Å². The number of hydrogen-bond acceptors (Lipinski definition) is 1. The van der Waals surface area contributed by atoms with Crippen molar-refractivity contribution in [3.8, 4) is 0 Å². The van der Waals surface area contributed by atoms with Crippen LogP contribution in [-0.2, 0) is 11.3 Å². The number of rotatable bonds is 5. The van der Waals surface area contributed by atoms with Gasteiger partial charge < -0.3 is 10.1 Å². The summed E-state index contributed by atoms with van der Waals surface area (Å²) in [5, 5.41) is 3.82. The molecule has 1 aromatic rings. The van der Waals surface area contributed by atoms with E-state index in [1.54, 1.807) is 7.05 Å². The molecule has 0 bridgehead atoms. The number of hydrogen-bond donors (Lipinski definition) is 0. The minimum Gasteiger partial charge on any atom is -0.663 e. The van der Waals surface area contributed by atoms with Crippen molar-refractivity contribution in [1.82, 2.24) is 0 Å². The highest BCUT2D eigenvalue weighted by atomic mass is 19.1. The summed E-state index contributed by atoms with van der Waals surface area (Å²) in [6.45, 7) is 1.19. The molecule has 0 aromatic heterocycles. The molecule has 14 heavy (non-hydrogen) atoms. The van der Waals surface area contributed by atoms with Crippen LogP contribution < -0.4 is 0 Å². The highest BCUT2D eigenvalue weighted by molar-refractivity contribution is 5.17. The molecular weight excluding hydrogens is 188 g/mol. The fourth-order valence-corrected chi connectivity index (χ4v) is 0.977. The largest absolute Gasteiger partial charge is 0.663 e. The Balaban J connectivity index is 2.42. The maximum Gasteiger partial charge on any atom is 0.131 e. The molecule has 0 amide bonds. The van der Waals surface area contributed by atoms with Crippen LogP contribution in [0.2, 0.25) is 0 Å². The van der Waals surface area contributed by atoms with Crippen molar-refractivity contribution in [2.24, 2.45) is 0 Å². The Labute approximate surface area is 81.9 Å². The van der Waals surface area contributed by atoms with E-state index in [0.29, 0.717) is 18.7 Å². The first kappa shape index (κ1) is 11.1. The number of likely N-dealkylation sites (N-methyl/N-ethyl adjacent to an activating group) is 1. The van der Waals surface area contributed by atoms with Crippen LogP contribution in [0.1, 0.15) is 5.56 Å². The second-order valence-electron chi connectivity index (χ2n) is 2.83. The predicted octanol–water partition coefficient (Wildman–Crippen LogP) is 2.48. The molecule has 0 aliphatic carbocycles. The van der Waals surface area contributed by atoms with Crippen molar-refractivity contribution in [1.29, 1.82) is 0 Å². The van der Waals surface area contributed by atoms with E-state index < -0.39 is 11.6 Å². The minimum absolute atomic E-state index is 0.154. The normalized spacial score (nSPS) is 10.5. The van der Waals surface area contributed by atoms with Gasteiger partial charge in [0.2, 0.25) is 0 Å². The second-order valence-corrected chi connectivity index (χ2v) is 2.83. The maximum absolute atomic E-state index is 13.0. The van der Waals surface area contributed by atoms with Gasteiger partial charge in [-0.15, -0.1) is 6.54 Å². The van der Waals surface area contributed by atoms with Crippen LogP contribution in [0.5, 0.6) is 0 Å². The maximum atomic E-state index is 13.0. The summed E-state index contributed by atoms with van der Waals surface area (Å²) in [5.74, 6) is -1.15. The summed E-state index contributed by atoms with van der Waals surface area (Å²) in [7, 11) is 1.68. The summed E-state index contributed by atoms with van der Waals surface area (Å²) in [6, 6.07) is 3.45. The molecule has 1 rings (SSSR count). The highest BCUT2D eigenvalue weighted by Gasteiger charge is 2.02. The molecular formula is C10H12F2NO-. The summed E-state index contributed by atoms with van der Waals surface area (Å²) in [5.41, 5.74) is 0.363. The molecule has 0 N–H and O–H groups in total. The van der Waals surface area contributed by atoms with E-state index in [1.165, 1.54) is 12.1 Å². The molecule has 0 aliphatic heterocycles. The van der Waals surface area contributed by atoms with E-state index in [2.05, 4.69) is 5.32 Å². The lowest BCUT2D eigenvalue weighted by atomic mass is 10.2. The molecule has 0 saturated heterocycles. The Morgan fingerprint density at radius 1 is 1.36 bits per heavy atom. The van der Waals surface area contributed by atoms with Crippen LogP contribution >= 0.6 is 0 Å². The van der Waals surface area contributed by atoms with Gasteiger partial charge in [-0.05, 0) is 6.07 Å². The van der Waals surface area contributed by atoms with E-state index in [4.69, 9.17) is 4.74 Å². The molecule has 78 valence electrons. The smallest absolute Gasteiger partial charge is 0.131 e. The number of nitrogens with zero attached hydrogens (tertiary/aromatic N) is 1. The van der Waals surface area contributed by atoms with Gasteiger partial charge in [-0.1, -0.05) is 6.07 Å². The van der Waals surface area contributed by atoms with Crippen molar-refractivity contribution in [3.05, 3.63) is 40.7 Å². The van der Waals surface area contributed by atoms with Gasteiger partial charge in [-0.2, -0.15) is 7.05 Å². The van der Waals surface area contributed by atoms with E-state index in [9.17, 15) is 8.78 Å². The Hall–Kier alpha value is -1.00. The first-order valence-corrected chi connectivity index (χ1v) is 4.31. The standard InChI is InChI=1S/C10H12F2NO/c1-13-4-5-14-7-8-2-3-9(11)6-10(8)12/h2-3,6H,4-5,7H2,1H3/q-1. The van der Waals surface area contributed by atoms with Crippen LogP contribution in [0.4, 0.5) is 8.78 Å². The third kappa shape index (κ3) is 3.40. The van der Waals surface area contributed by atoms with Crippen molar-refractivity contribution in [2.45, 2.75) is 6.61 Å². The minimum atomic E-state index is -0.574. The molecule has 2 nitrogen and oxygen atoms in total. The summed E-state index contributed by atoms with van der Waals surface area (Å²) >= 11 is 0. The average molecular weight is 200 g/mol. The van der Waals surface area contributed by atoms with Gasteiger partial charge in [0, 0.05) is 18.2 Å². The summed E-state index contributed by atoms with van der Waals surface area (Å²) in [6.07, 6.45) is 0. The van der Waals surface area contributed by atoms with Crippen molar-refractivity contribution in [3.63, 3.8) is 0 Å². The summed E-state index contributed by atoms with van der Waals surface area (Å²) in [4.78, 5) is 0. The Kier molecular flexibility index (Phi) is 4.49. The molecule has 0 unspecified atom stereocenters. The monoisotopic (exact) mass is 200 g/mol. The van der Waals surface area contributed by atoms with Crippen molar-refractivity contribution >= 4 is 0 Å². The molecule has 0 saturated carbocycles. The lowest BCUT2D eigenvalue weighted by molar-refractivity contribution is 0.129. The second kappa shape index (κ2) is 5.67.